The number of aromatic hydroxyl groups is 7. The normalized spacial score (nSPS) is 12.6. The molecular formula is C120H129F3O26. The van der Waals surface area contributed by atoms with E-state index in [1.807, 2.05) is 19.1 Å². The van der Waals surface area contributed by atoms with Gasteiger partial charge in [-0.25, -0.2) is 18.0 Å². The highest BCUT2D eigenvalue weighted by molar-refractivity contribution is 5.92. The second-order valence-corrected chi connectivity index (χ2v) is 36.0. The number of aldehydes is 1. The zero-order valence-corrected chi connectivity index (χ0v) is 85.0. The number of halogens is 3. The summed E-state index contributed by atoms with van der Waals surface area (Å²) in [6, 6.07) is 65.8. The molecule has 0 aromatic heterocycles. The summed E-state index contributed by atoms with van der Waals surface area (Å²) in [5.74, 6) is -1.73. The van der Waals surface area contributed by atoms with Crippen molar-refractivity contribution in [2.45, 2.75) is 174 Å². The highest BCUT2D eigenvalue weighted by atomic mass is 19.1. The SMILES string of the molecule is COC(=O)c1cc(C(O)(c2ccc(O)c(C)c2)c2ccc(O)c(COC=O)c2)ccc1O.COc1cc(C(O)(c2ccc(C)c(C=O)c2)c2ccc(OC)c(OC)c2)ccc1CO.COc1ccc(C(O)(c2ccc(C)c(F)c2)c2ccc(CO)c(F)c2)cc1F.COc1ccc(C(O)(c2ccc(C)c(O)c2)c2ccc(CO)c(O)c2)cc1O.Cc1ccc(CCCCCCCCCCCCc2ccc(O)c(CO)c2)cc1CO. The number of unbranched alkanes of at least 4 members (excludes halogenated alkanes) is 9. The van der Waals surface area contributed by atoms with E-state index >= 15 is 0 Å². The van der Waals surface area contributed by atoms with Crippen LogP contribution in [-0.4, -0.2) is 143 Å². The lowest BCUT2D eigenvalue weighted by atomic mass is 9.78. The van der Waals surface area contributed by atoms with Crippen LogP contribution in [0.5, 0.6) is 69.0 Å². The molecule has 16 N–H and O–H groups in total. The van der Waals surface area contributed by atoms with Crippen LogP contribution in [0.3, 0.4) is 0 Å². The second kappa shape index (κ2) is 53.9. The fourth-order valence-corrected chi connectivity index (χ4v) is 17.4. The third kappa shape index (κ3) is 27.8. The molecule has 0 saturated heterocycles. The number of phenols is 7. The van der Waals surface area contributed by atoms with Crippen molar-refractivity contribution < 1.29 is 142 Å². The Hall–Kier alpha value is -15.3. The summed E-state index contributed by atoms with van der Waals surface area (Å²) in [5, 5.41) is 165. The van der Waals surface area contributed by atoms with Crippen molar-refractivity contribution in [1.29, 1.82) is 0 Å². The van der Waals surface area contributed by atoms with Crippen molar-refractivity contribution in [3.05, 3.63) is 422 Å². The van der Waals surface area contributed by atoms with Crippen LogP contribution in [0, 0.1) is 52.1 Å². The Labute approximate surface area is 864 Å². The average Bonchev–Trinajstić information content (AvgIpc) is 0.762. The van der Waals surface area contributed by atoms with Crippen molar-refractivity contribution in [2.75, 3.05) is 42.7 Å². The molecule has 0 amide bonds. The van der Waals surface area contributed by atoms with Crippen LogP contribution in [0.2, 0.25) is 0 Å². The Kier molecular flexibility index (Phi) is 41.8. The van der Waals surface area contributed by atoms with Gasteiger partial charge in [-0.3, -0.25) is 9.59 Å². The molecule has 0 fully saturated rings. The van der Waals surface area contributed by atoms with Gasteiger partial charge in [0.25, 0.3) is 6.47 Å². The predicted molar refractivity (Wildman–Crippen MR) is 557 cm³/mol. The number of aryl methyl sites for hydroxylation is 7. The average molecular weight is 2040 g/mol. The molecule has 0 aliphatic heterocycles. The maximum atomic E-state index is 14.3. The molecule has 149 heavy (non-hydrogen) atoms. The molecule has 4 unspecified atom stereocenters. The Bertz CT molecular complexity index is 6530. The van der Waals surface area contributed by atoms with E-state index in [2.05, 4.69) is 25.1 Å². The molecule has 14 aromatic rings. The third-order valence-corrected chi connectivity index (χ3v) is 26.5. The highest BCUT2D eigenvalue weighted by Gasteiger charge is 2.41. The summed E-state index contributed by atoms with van der Waals surface area (Å²) in [4.78, 5) is 34.3. The van der Waals surface area contributed by atoms with Gasteiger partial charge in [-0.2, -0.15) is 0 Å². The third-order valence-electron chi connectivity index (χ3n) is 26.5. The molecule has 4 atom stereocenters. The lowest BCUT2D eigenvalue weighted by Crippen LogP contribution is -2.29. The van der Waals surface area contributed by atoms with Gasteiger partial charge in [0, 0.05) is 33.4 Å². The number of ether oxygens (including phenoxy) is 7. The Morgan fingerprint density at radius 3 is 1.12 bits per heavy atom. The number of phenolic OH excluding ortho intramolecular Hbond substituents is 5. The lowest BCUT2D eigenvalue weighted by Gasteiger charge is -2.31. The molecule has 786 valence electrons. The van der Waals surface area contributed by atoms with Gasteiger partial charge in [-0.1, -0.05) is 185 Å². The van der Waals surface area contributed by atoms with E-state index in [-0.39, 0.29) is 136 Å². The number of rotatable bonds is 40. The predicted octanol–water partition coefficient (Wildman–Crippen LogP) is 19.9. The van der Waals surface area contributed by atoms with Gasteiger partial charge in [-0.15, -0.1) is 0 Å². The number of methoxy groups -OCH3 is 6. The fraction of sp³-hybridized carbons (Fsp3) is 0.275. The largest absolute Gasteiger partial charge is 0.508 e. The smallest absolute Gasteiger partial charge is 0.341 e. The molecule has 26 nitrogen and oxygen atoms in total. The second-order valence-electron chi connectivity index (χ2n) is 36.0. The molecular weight excluding hydrogens is 1910 g/mol. The van der Waals surface area contributed by atoms with Gasteiger partial charge in [0.15, 0.2) is 34.6 Å². The summed E-state index contributed by atoms with van der Waals surface area (Å²) in [6.07, 6.45) is 15.8. The molecule has 0 heterocycles. The number of hydrogen-bond acceptors (Lipinski definition) is 26. The Balaban J connectivity index is 0.000000191. The van der Waals surface area contributed by atoms with Crippen molar-refractivity contribution >= 4 is 18.7 Å². The summed E-state index contributed by atoms with van der Waals surface area (Å²) >= 11 is 0. The molecule has 14 rings (SSSR count). The standard InChI is InChI=1S/C27H40O3.C25H26O6.C24H22O8.C22H19F3O3.C22H22O6/c1-22-14-15-23(18-25(22)20-28)12-10-8-6-4-2-3-5-7-9-11-13-24-16-17-27(30)26(19-24)21-29;1-16-5-7-19(11-18(16)15-27)25(28,20-8-6-17(14-26)23(12-20)30-3)21-9-10-22(29-2)24(13-21)31-4;1-14-9-16(3-6-20(14)26)24(30,17-4-7-21(27)15(10-17)12-32-13-25)18-5-8-22(28)19(11-18)23(29)31-2;1-13-3-5-15(9-18(13)23)22(27,16-6-4-14(12-26)19(24)10-16)17-7-8-21(28-2)20(25)11-17;1-13-3-5-15(9-18(13)24)22(27,16-6-4-14(12-23)19(25)10-16)17-7-8-21(28-2)20(26)11-17/h14-19,28-30H,2-13,20-21H2,1H3;5-13,15,26,28H,14H2,1-4H3;3-11,13,26-28,30H,12H2,1-2H3;3-11,26-27H,12H2,1-2H3;3-11,23-27H,12H2,1-2H3. The van der Waals surface area contributed by atoms with Gasteiger partial charge in [0.2, 0.25) is 0 Å². The number of carbonyl (C=O) groups excluding carboxylic acids is 3. The summed E-state index contributed by atoms with van der Waals surface area (Å²) in [5.41, 5.74) is 5.52. The molecule has 0 radical (unpaired) electrons. The van der Waals surface area contributed by atoms with Gasteiger partial charge >= 0.3 is 5.97 Å². The molecule has 0 bridgehead atoms. The van der Waals surface area contributed by atoms with Crippen LogP contribution in [0.15, 0.2) is 255 Å². The number of aliphatic hydroxyl groups is 9. The highest BCUT2D eigenvalue weighted by Crippen LogP contribution is 2.48. The van der Waals surface area contributed by atoms with E-state index in [0.29, 0.717) is 95.1 Å². The van der Waals surface area contributed by atoms with Crippen LogP contribution in [0.25, 0.3) is 0 Å². The first kappa shape index (κ1) is 116. The molecule has 0 aliphatic carbocycles. The van der Waals surface area contributed by atoms with E-state index in [0.717, 1.165) is 48.5 Å². The summed E-state index contributed by atoms with van der Waals surface area (Å²) in [6.45, 7) is 7.85. The number of benzene rings is 14. The molecule has 29 heteroatoms. The minimum Gasteiger partial charge on any atom is -0.508 e. The lowest BCUT2D eigenvalue weighted by molar-refractivity contribution is -0.129. The van der Waals surface area contributed by atoms with Crippen LogP contribution < -0.4 is 23.7 Å². The first-order chi connectivity index (χ1) is 71.4. The number of aliphatic hydroxyl groups excluding tert-OH is 5. The van der Waals surface area contributed by atoms with Gasteiger partial charge in [0.1, 0.15) is 92.7 Å². The van der Waals surface area contributed by atoms with Crippen LogP contribution in [0.4, 0.5) is 13.2 Å². The van der Waals surface area contributed by atoms with Gasteiger partial charge in [0.05, 0.1) is 75.7 Å². The van der Waals surface area contributed by atoms with Crippen molar-refractivity contribution in [1.82, 2.24) is 0 Å². The molecule has 0 aliphatic rings. The molecule has 0 saturated carbocycles. The van der Waals surface area contributed by atoms with Crippen LogP contribution >= 0.6 is 0 Å². The molecule has 14 aromatic carbocycles. The number of carbonyl (C=O) groups is 3. The van der Waals surface area contributed by atoms with E-state index in [4.69, 9.17) is 33.2 Å². The zero-order valence-electron chi connectivity index (χ0n) is 85.0. The molecule has 0 spiro atoms. The zero-order chi connectivity index (χ0) is 109. The Morgan fingerprint density at radius 2 is 0.644 bits per heavy atom. The van der Waals surface area contributed by atoms with Crippen molar-refractivity contribution in [2.24, 2.45) is 0 Å². The first-order valence-electron chi connectivity index (χ1n) is 48.2. The van der Waals surface area contributed by atoms with Gasteiger partial charge in [-0.05, 0) is 293 Å². The van der Waals surface area contributed by atoms with E-state index < -0.39 is 52.4 Å². The monoisotopic (exact) mass is 2040 g/mol. The quantitative estimate of drug-likeness (QED) is 0.00734. The van der Waals surface area contributed by atoms with E-state index in [1.165, 1.54) is 232 Å². The fourth-order valence-electron chi connectivity index (χ4n) is 17.4. The number of esters is 1. The number of hydrogen-bond donors (Lipinski definition) is 16. The van der Waals surface area contributed by atoms with Crippen molar-refractivity contribution in [3.63, 3.8) is 0 Å². The summed E-state index contributed by atoms with van der Waals surface area (Å²) < 4.78 is 78.5. The van der Waals surface area contributed by atoms with E-state index in [1.54, 1.807) is 119 Å². The van der Waals surface area contributed by atoms with Gasteiger partial charge < -0.3 is 115 Å². The maximum Gasteiger partial charge on any atom is 0.341 e. The Morgan fingerprint density at radius 1 is 0.275 bits per heavy atom. The minimum absolute atomic E-state index is 0.00450. The van der Waals surface area contributed by atoms with Crippen LogP contribution in [-0.2, 0) is 89.2 Å². The minimum atomic E-state index is -2.03. The summed E-state index contributed by atoms with van der Waals surface area (Å²) in [7, 11) is 8.47. The topological polar surface area (TPSA) is 440 Å². The maximum absolute atomic E-state index is 14.3. The first-order valence-corrected chi connectivity index (χ1v) is 48.2. The van der Waals surface area contributed by atoms with Crippen molar-refractivity contribution in [3.8, 4) is 69.0 Å². The van der Waals surface area contributed by atoms with Crippen LogP contribution in [0.1, 0.15) is 224 Å². The van der Waals surface area contributed by atoms with E-state index in [9.17, 15) is 109 Å².